The maximum absolute atomic E-state index is 12.9. The Labute approximate surface area is 177 Å². The molecule has 2 N–H and O–H groups in total. The summed E-state index contributed by atoms with van der Waals surface area (Å²) >= 11 is 0. The lowest BCUT2D eigenvalue weighted by Gasteiger charge is -2.34. The molecule has 5 heteroatoms. The van der Waals surface area contributed by atoms with Crippen LogP contribution in [0.3, 0.4) is 0 Å². The molecule has 4 rings (SSSR count). The van der Waals surface area contributed by atoms with E-state index in [2.05, 4.69) is 41.5 Å². The van der Waals surface area contributed by atoms with Crippen LogP contribution in [0.2, 0.25) is 0 Å². The number of amides is 2. The van der Waals surface area contributed by atoms with Gasteiger partial charge >= 0.3 is 0 Å². The predicted molar refractivity (Wildman–Crippen MR) is 119 cm³/mol. The van der Waals surface area contributed by atoms with Crippen LogP contribution in [-0.4, -0.2) is 34.8 Å². The summed E-state index contributed by atoms with van der Waals surface area (Å²) in [4.78, 5) is 30.6. The molecule has 0 unspecified atom stereocenters. The summed E-state index contributed by atoms with van der Waals surface area (Å²) < 4.78 is 0. The number of likely N-dealkylation sites (tertiary alicyclic amines) is 1. The van der Waals surface area contributed by atoms with E-state index >= 15 is 0 Å². The molecule has 1 saturated heterocycles. The number of carbonyl (C=O) groups is 2. The Morgan fingerprint density at radius 3 is 2.50 bits per heavy atom. The topological polar surface area (TPSA) is 65.2 Å². The highest BCUT2D eigenvalue weighted by molar-refractivity contribution is 5.98. The van der Waals surface area contributed by atoms with E-state index in [-0.39, 0.29) is 17.7 Å². The van der Waals surface area contributed by atoms with E-state index in [1.807, 2.05) is 42.2 Å². The summed E-state index contributed by atoms with van der Waals surface area (Å²) in [6.45, 7) is 5.99. The number of benzene rings is 2. The van der Waals surface area contributed by atoms with Gasteiger partial charge in [0.2, 0.25) is 5.91 Å². The third kappa shape index (κ3) is 4.40. The van der Waals surface area contributed by atoms with Gasteiger partial charge in [0.15, 0.2) is 0 Å². The lowest BCUT2D eigenvalue weighted by molar-refractivity contribution is -0.126. The van der Waals surface area contributed by atoms with Crippen molar-refractivity contribution in [3.8, 4) is 0 Å². The van der Waals surface area contributed by atoms with Gasteiger partial charge < -0.3 is 15.2 Å². The molecular weight excluding hydrogens is 374 g/mol. The number of H-pyrrole nitrogens is 1. The van der Waals surface area contributed by atoms with Gasteiger partial charge in [-0.3, -0.25) is 9.59 Å². The predicted octanol–water partition coefficient (Wildman–Crippen LogP) is 4.28. The molecule has 1 atom stereocenters. The van der Waals surface area contributed by atoms with Gasteiger partial charge in [-0.05, 0) is 43.4 Å². The van der Waals surface area contributed by atoms with E-state index in [1.54, 1.807) is 0 Å². The van der Waals surface area contributed by atoms with Gasteiger partial charge in [0.05, 0.1) is 0 Å². The molecule has 1 aliphatic rings. The molecule has 0 spiro atoms. The Kier molecular flexibility index (Phi) is 5.88. The molecule has 5 nitrogen and oxygen atoms in total. The Balaban J connectivity index is 1.29. The first-order valence-corrected chi connectivity index (χ1v) is 10.7. The molecule has 1 fully saturated rings. The van der Waals surface area contributed by atoms with Crippen LogP contribution < -0.4 is 5.32 Å². The first kappa shape index (κ1) is 20.2. The number of hydrogen-bond donors (Lipinski definition) is 2. The lowest BCUT2D eigenvalue weighted by Crippen LogP contribution is -2.42. The SMILES string of the molecule is Cc1ccc(CNC(=O)[C@H](C)C2CCN(C(=O)c3cc4ccccc4[nH]3)CC2)cc1. The van der Waals surface area contributed by atoms with Crippen LogP contribution >= 0.6 is 0 Å². The average Bonchev–Trinajstić information content (AvgIpc) is 3.22. The van der Waals surface area contributed by atoms with Crippen molar-refractivity contribution in [3.63, 3.8) is 0 Å². The van der Waals surface area contributed by atoms with E-state index in [4.69, 9.17) is 0 Å². The molecule has 0 aliphatic carbocycles. The summed E-state index contributed by atoms with van der Waals surface area (Å²) in [7, 11) is 0. The highest BCUT2D eigenvalue weighted by atomic mass is 16.2. The summed E-state index contributed by atoms with van der Waals surface area (Å²) in [5, 5.41) is 4.12. The van der Waals surface area contributed by atoms with Crippen molar-refractivity contribution in [3.05, 3.63) is 71.4 Å². The van der Waals surface area contributed by atoms with Gasteiger partial charge in [-0.25, -0.2) is 0 Å². The van der Waals surface area contributed by atoms with E-state index in [0.717, 1.165) is 29.3 Å². The second-order valence-electron chi connectivity index (χ2n) is 8.39. The molecule has 0 radical (unpaired) electrons. The van der Waals surface area contributed by atoms with Gasteiger partial charge in [0.25, 0.3) is 5.91 Å². The molecule has 0 saturated carbocycles. The summed E-state index contributed by atoms with van der Waals surface area (Å²) in [5.41, 5.74) is 3.94. The number of aromatic amines is 1. The fraction of sp³-hybridized carbons (Fsp3) is 0.360. The van der Waals surface area contributed by atoms with E-state index in [1.165, 1.54) is 5.56 Å². The Bertz CT molecular complexity index is 997. The number of carbonyl (C=O) groups excluding carboxylic acids is 2. The molecule has 3 aromatic rings. The second-order valence-corrected chi connectivity index (χ2v) is 8.39. The number of piperidine rings is 1. The quantitative estimate of drug-likeness (QED) is 0.668. The molecule has 1 aliphatic heterocycles. The molecule has 2 amide bonds. The van der Waals surface area contributed by atoms with Crippen LogP contribution in [-0.2, 0) is 11.3 Å². The van der Waals surface area contributed by atoms with Crippen LogP contribution in [0, 0.1) is 18.8 Å². The average molecular weight is 404 g/mol. The monoisotopic (exact) mass is 403 g/mol. The van der Waals surface area contributed by atoms with Crippen molar-refractivity contribution in [2.24, 2.45) is 11.8 Å². The zero-order valence-electron chi connectivity index (χ0n) is 17.7. The van der Waals surface area contributed by atoms with Crippen LogP contribution in [0.4, 0.5) is 0 Å². The fourth-order valence-corrected chi connectivity index (χ4v) is 4.23. The number of aromatic nitrogens is 1. The third-order valence-corrected chi connectivity index (χ3v) is 6.30. The largest absolute Gasteiger partial charge is 0.352 e. The number of aryl methyl sites for hydroxylation is 1. The first-order chi connectivity index (χ1) is 14.5. The highest BCUT2D eigenvalue weighted by Gasteiger charge is 2.30. The van der Waals surface area contributed by atoms with Crippen LogP contribution in [0.1, 0.15) is 41.4 Å². The third-order valence-electron chi connectivity index (χ3n) is 6.30. The number of nitrogens with zero attached hydrogens (tertiary/aromatic N) is 1. The van der Waals surface area contributed by atoms with Gasteiger partial charge in [-0.15, -0.1) is 0 Å². The Hall–Kier alpha value is -3.08. The maximum Gasteiger partial charge on any atom is 0.270 e. The number of rotatable bonds is 5. The van der Waals surface area contributed by atoms with Gasteiger partial charge in [-0.1, -0.05) is 55.0 Å². The van der Waals surface area contributed by atoms with E-state index in [9.17, 15) is 9.59 Å². The smallest absolute Gasteiger partial charge is 0.270 e. The zero-order chi connectivity index (χ0) is 21.1. The van der Waals surface area contributed by atoms with Gasteiger partial charge in [0.1, 0.15) is 5.69 Å². The second kappa shape index (κ2) is 8.74. The molecule has 2 heterocycles. The fourth-order valence-electron chi connectivity index (χ4n) is 4.23. The van der Waals surface area contributed by atoms with Crippen LogP contribution in [0.15, 0.2) is 54.6 Å². The standard InChI is InChI=1S/C25H29N3O2/c1-17-7-9-19(10-8-17)16-26-24(29)18(2)20-11-13-28(14-12-20)25(30)23-15-21-5-3-4-6-22(21)27-23/h3-10,15,18,20,27H,11-14,16H2,1-2H3,(H,26,29)/t18-/m1/s1. The normalized spacial score (nSPS) is 15.9. The van der Waals surface area contributed by atoms with E-state index in [0.29, 0.717) is 31.2 Å². The molecular formula is C25H29N3O2. The van der Waals surface area contributed by atoms with Crippen molar-refractivity contribution in [1.29, 1.82) is 0 Å². The molecule has 1 aromatic heterocycles. The number of nitrogens with one attached hydrogen (secondary N) is 2. The van der Waals surface area contributed by atoms with Crippen molar-refractivity contribution < 1.29 is 9.59 Å². The van der Waals surface area contributed by atoms with Gasteiger partial charge in [0, 0.05) is 36.5 Å². The maximum atomic E-state index is 12.9. The van der Waals surface area contributed by atoms with Crippen molar-refractivity contribution in [2.45, 2.75) is 33.2 Å². The number of hydrogen-bond acceptors (Lipinski definition) is 2. The molecule has 30 heavy (non-hydrogen) atoms. The van der Waals surface area contributed by atoms with Crippen LogP contribution in [0.25, 0.3) is 10.9 Å². The summed E-state index contributed by atoms with van der Waals surface area (Å²) in [6, 6.07) is 18.1. The zero-order valence-corrected chi connectivity index (χ0v) is 17.7. The van der Waals surface area contributed by atoms with Crippen molar-refractivity contribution >= 4 is 22.7 Å². The molecule has 156 valence electrons. The van der Waals surface area contributed by atoms with E-state index < -0.39 is 0 Å². The first-order valence-electron chi connectivity index (χ1n) is 10.7. The Morgan fingerprint density at radius 2 is 1.80 bits per heavy atom. The van der Waals surface area contributed by atoms with Gasteiger partial charge in [-0.2, -0.15) is 0 Å². The number of fused-ring (bicyclic) bond motifs is 1. The minimum absolute atomic E-state index is 0.0427. The highest BCUT2D eigenvalue weighted by Crippen LogP contribution is 2.26. The van der Waals surface area contributed by atoms with Crippen molar-refractivity contribution in [1.82, 2.24) is 15.2 Å². The minimum Gasteiger partial charge on any atom is -0.352 e. The lowest BCUT2D eigenvalue weighted by atomic mass is 9.84. The Morgan fingerprint density at radius 1 is 1.10 bits per heavy atom. The van der Waals surface area contributed by atoms with Crippen molar-refractivity contribution in [2.75, 3.05) is 13.1 Å². The minimum atomic E-state index is -0.0548. The molecule has 0 bridgehead atoms. The van der Waals surface area contributed by atoms with Crippen LogP contribution in [0.5, 0.6) is 0 Å². The number of para-hydroxylation sites is 1. The summed E-state index contributed by atoms with van der Waals surface area (Å²) in [6.07, 6.45) is 1.70. The summed E-state index contributed by atoms with van der Waals surface area (Å²) in [5.74, 6) is 0.382. The molecule has 2 aromatic carbocycles.